The summed E-state index contributed by atoms with van der Waals surface area (Å²) in [5.41, 5.74) is -0.671. The van der Waals surface area contributed by atoms with E-state index >= 15 is 0 Å². The predicted molar refractivity (Wildman–Crippen MR) is 250 cm³/mol. The summed E-state index contributed by atoms with van der Waals surface area (Å²) in [6.45, 7) is 2.67. The summed E-state index contributed by atoms with van der Waals surface area (Å²) in [6.07, 6.45) is -3.83. The lowest BCUT2D eigenvalue weighted by atomic mass is 9.83. The first kappa shape index (κ1) is 63.1. The lowest BCUT2D eigenvalue weighted by Gasteiger charge is -2.42. The van der Waals surface area contributed by atoms with Crippen LogP contribution in [0.4, 0.5) is 0 Å². The minimum Gasteiger partial charge on any atom is -0.394 e. The van der Waals surface area contributed by atoms with E-state index in [1.165, 1.54) is 13.8 Å². The maximum Gasteiger partial charge on any atom is 0.245 e. The average molecular weight is 1020 g/mol. The summed E-state index contributed by atoms with van der Waals surface area (Å²) in [5, 5.41) is 79.0. The van der Waals surface area contributed by atoms with Crippen molar-refractivity contribution in [2.24, 2.45) is 0 Å². The zero-order chi connectivity index (χ0) is 52.6. The quantitative estimate of drug-likeness (QED) is 0.0204. The van der Waals surface area contributed by atoms with Gasteiger partial charge in [0.1, 0.15) is 68.2 Å². The highest BCUT2D eigenvalue weighted by Gasteiger charge is 2.46. The molecule has 2 rings (SSSR count). The molecule has 2 fully saturated rings. The van der Waals surface area contributed by atoms with Gasteiger partial charge in [-0.05, 0) is 64.8 Å². The highest BCUT2D eigenvalue weighted by Crippen LogP contribution is 2.26. The van der Waals surface area contributed by atoms with E-state index < -0.39 is 91.9 Å². The van der Waals surface area contributed by atoms with E-state index in [0.717, 1.165) is 6.29 Å². The van der Waals surface area contributed by atoms with E-state index in [0.29, 0.717) is 70.9 Å². The Bertz CT molecular complexity index is 1480. The lowest BCUT2D eigenvalue weighted by Crippen LogP contribution is -2.64. The number of hydrogen-bond acceptors (Lipinski definition) is 20. The molecule has 0 aromatic carbocycles. The van der Waals surface area contributed by atoms with E-state index in [4.69, 9.17) is 28.4 Å². The van der Waals surface area contributed by atoms with Crippen LogP contribution in [0.25, 0.3) is 0 Å². The number of aldehydes is 1. The van der Waals surface area contributed by atoms with Crippen LogP contribution in [0.2, 0.25) is 0 Å². The minimum atomic E-state index is -1.40. The molecule has 0 aromatic heterocycles. The van der Waals surface area contributed by atoms with Crippen LogP contribution in [0.3, 0.4) is 0 Å². The Hall–Kier alpha value is -4.03. The Morgan fingerprint density at radius 2 is 0.958 bits per heavy atom. The number of unbranched alkanes of at least 4 members (excludes halogenated alkanes) is 4. The topological polar surface area (TPSA) is 380 Å². The molecule has 2 heterocycles. The van der Waals surface area contributed by atoms with Crippen LogP contribution in [-0.4, -0.2) is 225 Å². The number of hydrogen-bond donors (Lipinski definition) is 13. The fourth-order valence-corrected chi connectivity index (χ4v) is 7.81. The Labute approximate surface area is 414 Å². The third kappa shape index (κ3) is 25.0. The molecule has 2 saturated heterocycles. The highest BCUT2D eigenvalue weighted by atomic mass is 16.7. The summed E-state index contributed by atoms with van der Waals surface area (Å²) in [5.74, 6) is -2.09. The molecule has 0 unspecified atom stereocenters. The zero-order valence-electron chi connectivity index (χ0n) is 41.3. The number of carbonyl (C=O) groups excluding carboxylic acids is 7. The predicted octanol–water partition coefficient (Wildman–Crippen LogP) is -4.76. The third-order valence-electron chi connectivity index (χ3n) is 11.9. The molecule has 2 aliphatic heterocycles. The fraction of sp³-hybridized carbons (Fsp3) is 0.844. The molecule has 71 heavy (non-hydrogen) atoms. The highest BCUT2D eigenvalue weighted by molar-refractivity contribution is 5.78. The van der Waals surface area contributed by atoms with Gasteiger partial charge in [-0.1, -0.05) is 0 Å². The molecule has 26 nitrogen and oxygen atoms in total. The molecule has 2 aliphatic rings. The monoisotopic (exact) mass is 1020 g/mol. The summed E-state index contributed by atoms with van der Waals surface area (Å²) >= 11 is 0. The van der Waals surface area contributed by atoms with Crippen LogP contribution < -0.4 is 37.2 Å². The zero-order valence-corrected chi connectivity index (χ0v) is 41.3. The Morgan fingerprint density at radius 1 is 0.549 bits per heavy atom. The van der Waals surface area contributed by atoms with Gasteiger partial charge in [0.05, 0.1) is 26.4 Å². The Kier molecular flexibility index (Phi) is 32.0. The number of amides is 6. The minimum absolute atomic E-state index is 0.0912. The second-order valence-electron chi connectivity index (χ2n) is 17.5. The van der Waals surface area contributed by atoms with Crippen LogP contribution in [-0.2, 0) is 62.0 Å². The van der Waals surface area contributed by atoms with Crippen LogP contribution in [0, 0.1) is 0 Å². The van der Waals surface area contributed by atoms with Crippen LogP contribution in [0.15, 0.2) is 0 Å². The molecule has 0 saturated carbocycles. The first-order chi connectivity index (χ1) is 34.0. The second-order valence-corrected chi connectivity index (χ2v) is 17.5. The van der Waals surface area contributed by atoms with Crippen molar-refractivity contribution < 1.29 is 92.6 Å². The van der Waals surface area contributed by atoms with Gasteiger partial charge in [-0.2, -0.15) is 0 Å². The van der Waals surface area contributed by atoms with E-state index in [9.17, 15) is 64.2 Å². The largest absolute Gasteiger partial charge is 0.394 e. The van der Waals surface area contributed by atoms with Gasteiger partial charge < -0.3 is 101 Å². The lowest BCUT2D eigenvalue weighted by molar-refractivity contribution is -0.270. The van der Waals surface area contributed by atoms with Gasteiger partial charge in [0, 0.05) is 78.0 Å². The van der Waals surface area contributed by atoms with E-state index in [-0.39, 0.29) is 95.6 Å². The number of ether oxygens (including phenoxy) is 6. The summed E-state index contributed by atoms with van der Waals surface area (Å²) in [6, 6.07) is -2.04. The molecule has 0 bridgehead atoms. The summed E-state index contributed by atoms with van der Waals surface area (Å²) < 4.78 is 33.2. The van der Waals surface area contributed by atoms with E-state index in [1.807, 2.05) is 0 Å². The summed E-state index contributed by atoms with van der Waals surface area (Å²) in [7, 11) is 1.71. The smallest absolute Gasteiger partial charge is 0.245 e. The van der Waals surface area contributed by atoms with Crippen LogP contribution >= 0.6 is 0 Å². The van der Waals surface area contributed by atoms with Gasteiger partial charge in [0.25, 0.3) is 0 Å². The van der Waals surface area contributed by atoms with Gasteiger partial charge in [-0.25, -0.2) is 0 Å². The molecule has 0 spiro atoms. The van der Waals surface area contributed by atoms with Gasteiger partial charge in [0.15, 0.2) is 12.6 Å². The van der Waals surface area contributed by atoms with Crippen molar-refractivity contribution in [3.63, 3.8) is 0 Å². The van der Waals surface area contributed by atoms with E-state index in [1.54, 1.807) is 7.05 Å². The van der Waals surface area contributed by atoms with Gasteiger partial charge in [-0.15, -0.1) is 0 Å². The molecule has 26 heteroatoms. The number of carbonyl (C=O) groups is 7. The first-order valence-electron chi connectivity index (χ1n) is 24.4. The third-order valence-corrected chi connectivity index (χ3v) is 11.9. The number of nitrogens with one attached hydrogen (secondary N) is 7. The van der Waals surface area contributed by atoms with Crippen LogP contribution in [0.5, 0.6) is 0 Å². The van der Waals surface area contributed by atoms with Crippen molar-refractivity contribution in [2.45, 2.75) is 158 Å². The van der Waals surface area contributed by atoms with Crippen molar-refractivity contribution in [3.8, 4) is 0 Å². The van der Waals surface area contributed by atoms with Crippen molar-refractivity contribution in [1.29, 1.82) is 0 Å². The standard InChI is InChI=1S/C45H81N7O19/c1-29(56)51-37-41(64)39(62)31(25-54)70-43(37)68-21-8-4-6-16-47-35(60)27-66-23-18-49-33(58)11-14-45(46-3,13-10-20-53)15-12-34(59)50-19-24-67-28-36(61)48-17-7-5-9-22-69-44-38(52-30(2)57)42(65)40(63)32(26-55)71-44/h20,31-32,37-44,46,54-55,62-65H,4-19,21-28H2,1-3H3,(H,47,60)(H,48,61)(H,49,58)(H,50,59)(H,51,56)(H,52,57)/t31-,32-,37-,38-,39+,40+,41-,42-,43-,44-/m1/s1. The number of rotatable bonds is 38. The Morgan fingerprint density at radius 3 is 1.32 bits per heavy atom. The normalized spacial score (nSPS) is 24.4. The Balaban J connectivity index is 1.53. The molecule has 13 N–H and O–H groups in total. The van der Waals surface area contributed by atoms with Gasteiger partial charge >= 0.3 is 0 Å². The number of aliphatic hydroxyl groups is 6. The van der Waals surface area contributed by atoms with Crippen molar-refractivity contribution >= 4 is 41.7 Å². The molecule has 10 atom stereocenters. The van der Waals surface area contributed by atoms with Crippen molar-refractivity contribution in [3.05, 3.63) is 0 Å². The molecule has 0 aliphatic carbocycles. The molecule has 6 amide bonds. The molecule has 0 aromatic rings. The maximum absolute atomic E-state index is 12.7. The first-order valence-corrected chi connectivity index (χ1v) is 24.4. The van der Waals surface area contributed by atoms with Crippen molar-refractivity contribution in [2.75, 3.05) is 86.1 Å². The van der Waals surface area contributed by atoms with Crippen LogP contribution in [0.1, 0.15) is 90.9 Å². The van der Waals surface area contributed by atoms with Gasteiger partial charge in [-0.3, -0.25) is 28.8 Å². The fourth-order valence-electron chi connectivity index (χ4n) is 7.81. The second kappa shape index (κ2) is 36.0. The molecule has 410 valence electrons. The SMILES string of the molecule is CNC(CCC=O)(CCC(=O)NCCOCC(=O)NCCCCCO[C@@H]1O[C@H](CO)[C@H](O)[C@H](O)[C@H]1NC(C)=O)CCC(=O)NCCOCC(=O)NCCCCCO[C@@H]1O[C@H](CO)[C@H](O)[C@H](O)[C@H]1NC(C)=O. The van der Waals surface area contributed by atoms with Gasteiger partial charge in [0.2, 0.25) is 35.4 Å². The summed E-state index contributed by atoms with van der Waals surface area (Å²) in [4.78, 5) is 84.1. The molecule has 0 radical (unpaired) electrons. The van der Waals surface area contributed by atoms with E-state index in [2.05, 4.69) is 37.2 Å². The average Bonchev–Trinajstić information content (AvgIpc) is 3.34. The molecular formula is C45H81N7O19. The maximum atomic E-state index is 12.7. The molecular weight excluding hydrogens is 943 g/mol. The number of aliphatic hydroxyl groups excluding tert-OH is 6. The van der Waals surface area contributed by atoms with Crippen molar-refractivity contribution in [1.82, 2.24) is 37.2 Å².